The molecular weight excluding hydrogens is 486 g/mol. The molecule has 35 heavy (non-hydrogen) atoms. The number of rotatable bonds is 6. The van der Waals surface area contributed by atoms with Crippen LogP contribution in [-0.4, -0.2) is 54.9 Å². The fourth-order valence-electron chi connectivity index (χ4n) is 5.09. The number of nitrogens with one attached hydrogen (secondary N) is 2. The van der Waals surface area contributed by atoms with Gasteiger partial charge in [-0.05, 0) is 77.9 Å². The maximum Gasteiger partial charge on any atom is 0.254 e. The number of ether oxygens (including phenoxy) is 2. The lowest BCUT2D eigenvalue weighted by atomic mass is 9.82. The maximum absolute atomic E-state index is 13.1. The van der Waals surface area contributed by atoms with Crippen LogP contribution in [0.5, 0.6) is 11.5 Å². The average molecular weight is 520 g/mol. The topological polar surface area (TPSA) is 83.7 Å². The van der Waals surface area contributed by atoms with Crippen LogP contribution in [0.25, 0.3) is 0 Å². The number of aromatic nitrogens is 1. The van der Waals surface area contributed by atoms with Crippen molar-refractivity contribution >= 4 is 29.3 Å². The highest BCUT2D eigenvalue weighted by Gasteiger charge is 2.35. The Morgan fingerprint density at radius 2 is 1.91 bits per heavy atom. The number of halogens is 1. The highest BCUT2D eigenvalue weighted by molar-refractivity contribution is 7.98. The molecule has 0 unspecified atom stereocenters. The van der Waals surface area contributed by atoms with Crippen molar-refractivity contribution in [1.82, 2.24) is 15.2 Å². The average Bonchev–Trinajstić information content (AvgIpc) is 2.84. The number of hydrogen-bond donors (Lipinski definition) is 2. The molecule has 1 aliphatic heterocycles. The lowest BCUT2D eigenvalue weighted by Crippen LogP contribution is -2.41. The van der Waals surface area contributed by atoms with Crippen LogP contribution in [-0.2, 0) is 6.54 Å². The fraction of sp³-hybridized carbons (Fsp3) is 0.538. The number of thioether (sulfide) groups is 1. The molecule has 4 rings (SSSR count). The first-order valence-corrected chi connectivity index (χ1v) is 13.6. The highest BCUT2D eigenvalue weighted by Crippen LogP contribution is 2.45. The largest absolute Gasteiger partial charge is 0.484 e. The van der Waals surface area contributed by atoms with Crippen molar-refractivity contribution in [2.45, 2.75) is 63.1 Å². The second kappa shape index (κ2) is 10.8. The zero-order valence-electron chi connectivity index (χ0n) is 21.0. The molecule has 2 heterocycles. The molecule has 2 aromatic rings. The van der Waals surface area contributed by atoms with Crippen molar-refractivity contribution in [3.63, 3.8) is 0 Å². The quantitative estimate of drug-likeness (QED) is 0.544. The third-order valence-corrected chi connectivity index (χ3v) is 8.30. The highest BCUT2D eigenvalue weighted by atomic mass is 35.5. The summed E-state index contributed by atoms with van der Waals surface area (Å²) in [5.41, 5.74) is 2.23. The molecule has 1 saturated carbocycles. The fourth-order valence-corrected chi connectivity index (χ4v) is 6.04. The molecule has 0 radical (unpaired) electrons. The van der Waals surface area contributed by atoms with Gasteiger partial charge < -0.3 is 24.7 Å². The SMILES string of the molecule is CSc1cc(C)[nH]c(=O)c1CNC(=O)c1cc(Cl)c2c(c1C)O[C@@H]([C@H]1CC[C@@H](N(C)C)CC1)CO2. The summed E-state index contributed by atoms with van der Waals surface area (Å²) in [6.07, 6.45) is 6.30. The zero-order chi connectivity index (χ0) is 25.3. The second-order valence-electron chi connectivity index (χ2n) is 9.70. The molecule has 190 valence electrons. The van der Waals surface area contributed by atoms with Gasteiger partial charge in [-0.25, -0.2) is 0 Å². The second-order valence-corrected chi connectivity index (χ2v) is 11.0. The Kier molecular flexibility index (Phi) is 8.03. The van der Waals surface area contributed by atoms with Gasteiger partial charge in [0.1, 0.15) is 12.7 Å². The zero-order valence-corrected chi connectivity index (χ0v) is 22.6. The standard InChI is InChI=1S/C26H34ClN3O4S/c1-14-10-22(35-5)19(26(32)29-14)12-28-25(31)18-11-20(27)24-23(15(18)2)34-21(13-33-24)16-6-8-17(9-7-16)30(3)4/h10-11,16-17,21H,6-9,12-13H2,1-5H3,(H,28,31)(H,29,32)/t16-,17+,21-/m1/s1. The normalized spacial score (nSPS) is 21.7. The Morgan fingerprint density at radius 3 is 2.57 bits per heavy atom. The lowest BCUT2D eigenvalue weighted by molar-refractivity contribution is 0.0239. The minimum Gasteiger partial charge on any atom is -0.484 e. The Morgan fingerprint density at radius 1 is 1.20 bits per heavy atom. The van der Waals surface area contributed by atoms with Crippen LogP contribution in [0.3, 0.4) is 0 Å². The molecule has 1 aliphatic carbocycles. The smallest absolute Gasteiger partial charge is 0.254 e. The van der Waals surface area contributed by atoms with Gasteiger partial charge in [-0.15, -0.1) is 11.8 Å². The summed E-state index contributed by atoms with van der Waals surface area (Å²) in [5, 5.41) is 3.23. The predicted molar refractivity (Wildman–Crippen MR) is 140 cm³/mol. The molecule has 1 amide bonds. The summed E-state index contributed by atoms with van der Waals surface area (Å²) >= 11 is 7.99. The van der Waals surface area contributed by atoms with E-state index in [0.29, 0.717) is 51.8 Å². The van der Waals surface area contributed by atoms with Gasteiger partial charge in [0, 0.05) is 39.9 Å². The van der Waals surface area contributed by atoms with E-state index in [9.17, 15) is 9.59 Å². The van der Waals surface area contributed by atoms with Crippen LogP contribution in [0.15, 0.2) is 21.8 Å². The minimum absolute atomic E-state index is 0.0612. The van der Waals surface area contributed by atoms with Gasteiger partial charge >= 0.3 is 0 Å². The van der Waals surface area contributed by atoms with E-state index in [-0.39, 0.29) is 24.1 Å². The summed E-state index contributed by atoms with van der Waals surface area (Å²) in [5.74, 6) is 1.15. The van der Waals surface area contributed by atoms with E-state index in [0.717, 1.165) is 36.3 Å². The molecule has 7 nitrogen and oxygen atoms in total. The predicted octanol–water partition coefficient (Wildman–Crippen LogP) is 4.56. The van der Waals surface area contributed by atoms with Crippen LogP contribution >= 0.6 is 23.4 Å². The Balaban J connectivity index is 1.51. The van der Waals surface area contributed by atoms with Gasteiger partial charge in [-0.2, -0.15) is 0 Å². The number of nitrogens with zero attached hydrogens (tertiary/aromatic N) is 1. The van der Waals surface area contributed by atoms with Crippen LogP contribution in [0.1, 0.15) is 52.9 Å². The van der Waals surface area contributed by atoms with Gasteiger partial charge in [0.2, 0.25) is 0 Å². The summed E-state index contributed by atoms with van der Waals surface area (Å²) in [4.78, 5) is 31.5. The molecule has 2 N–H and O–H groups in total. The number of pyridine rings is 1. The van der Waals surface area contributed by atoms with Crippen molar-refractivity contribution in [3.05, 3.63) is 49.9 Å². The maximum atomic E-state index is 13.1. The summed E-state index contributed by atoms with van der Waals surface area (Å²) < 4.78 is 12.5. The Bertz CT molecular complexity index is 1160. The van der Waals surface area contributed by atoms with E-state index in [1.165, 1.54) is 11.8 Å². The lowest BCUT2D eigenvalue weighted by Gasteiger charge is -2.38. The number of fused-ring (bicyclic) bond motifs is 1. The molecule has 0 saturated heterocycles. The van der Waals surface area contributed by atoms with Crippen molar-refractivity contribution in [2.75, 3.05) is 27.0 Å². The van der Waals surface area contributed by atoms with Gasteiger partial charge in [0.15, 0.2) is 11.5 Å². The number of benzene rings is 1. The molecule has 0 spiro atoms. The van der Waals surface area contributed by atoms with Crippen molar-refractivity contribution in [1.29, 1.82) is 0 Å². The van der Waals surface area contributed by atoms with Gasteiger partial charge in [-0.1, -0.05) is 11.6 Å². The van der Waals surface area contributed by atoms with E-state index in [1.807, 2.05) is 26.2 Å². The van der Waals surface area contributed by atoms with Crippen LogP contribution in [0.4, 0.5) is 0 Å². The Hall–Kier alpha value is -2.16. The molecule has 0 bridgehead atoms. The molecular formula is C26H34ClN3O4S. The number of amides is 1. The first-order chi connectivity index (χ1) is 16.7. The number of aryl methyl sites for hydroxylation is 1. The summed E-state index contributed by atoms with van der Waals surface area (Å²) in [6, 6.07) is 4.14. The molecule has 2 aliphatic rings. The monoisotopic (exact) mass is 519 g/mol. The van der Waals surface area contributed by atoms with Gasteiger partial charge in [-0.3, -0.25) is 9.59 Å². The summed E-state index contributed by atoms with van der Waals surface area (Å²) in [7, 11) is 4.27. The number of aromatic amines is 1. The van der Waals surface area contributed by atoms with E-state index < -0.39 is 0 Å². The molecule has 1 fully saturated rings. The number of hydrogen-bond acceptors (Lipinski definition) is 6. The Labute approximate surface area is 215 Å². The van der Waals surface area contributed by atoms with Crippen LogP contribution in [0.2, 0.25) is 5.02 Å². The van der Waals surface area contributed by atoms with Crippen LogP contribution < -0.4 is 20.3 Å². The van der Waals surface area contributed by atoms with E-state index in [1.54, 1.807) is 6.07 Å². The van der Waals surface area contributed by atoms with Crippen molar-refractivity contribution in [2.24, 2.45) is 5.92 Å². The third-order valence-electron chi connectivity index (χ3n) is 7.22. The van der Waals surface area contributed by atoms with E-state index in [2.05, 4.69) is 29.3 Å². The first kappa shape index (κ1) is 25.9. The van der Waals surface area contributed by atoms with Crippen molar-refractivity contribution < 1.29 is 14.3 Å². The number of carbonyl (C=O) groups is 1. The molecule has 1 aromatic heterocycles. The van der Waals surface area contributed by atoms with Crippen LogP contribution in [0, 0.1) is 19.8 Å². The van der Waals surface area contributed by atoms with E-state index >= 15 is 0 Å². The minimum atomic E-state index is -0.309. The molecule has 1 atom stereocenters. The first-order valence-electron chi connectivity index (χ1n) is 12.0. The van der Waals surface area contributed by atoms with E-state index in [4.69, 9.17) is 21.1 Å². The molecule has 9 heteroatoms. The third kappa shape index (κ3) is 5.49. The number of carbonyl (C=O) groups excluding carboxylic acids is 1. The molecule has 1 aromatic carbocycles. The van der Waals surface area contributed by atoms with Gasteiger partial charge in [0.25, 0.3) is 11.5 Å². The van der Waals surface area contributed by atoms with Gasteiger partial charge in [0.05, 0.1) is 5.02 Å². The summed E-state index contributed by atoms with van der Waals surface area (Å²) in [6.45, 7) is 4.27. The number of H-pyrrole nitrogens is 1. The van der Waals surface area contributed by atoms with Crippen molar-refractivity contribution in [3.8, 4) is 11.5 Å².